The molecule has 0 saturated heterocycles. The fraction of sp³-hybridized carbons (Fsp3) is 0.500. The zero-order valence-electron chi connectivity index (χ0n) is 15.1. The molecule has 0 bridgehead atoms. The van der Waals surface area contributed by atoms with E-state index in [2.05, 4.69) is 35.4 Å². The molecule has 0 N–H and O–H groups in total. The van der Waals surface area contributed by atoms with E-state index in [-0.39, 0.29) is 6.61 Å². The summed E-state index contributed by atoms with van der Waals surface area (Å²) in [5, 5.41) is 4.36. The van der Waals surface area contributed by atoms with Gasteiger partial charge in [-0.2, -0.15) is 13.5 Å². The molecule has 1 aromatic heterocycles. The van der Waals surface area contributed by atoms with Gasteiger partial charge in [-0.15, -0.1) is 0 Å². The van der Waals surface area contributed by atoms with E-state index in [1.807, 2.05) is 23.0 Å². The van der Waals surface area contributed by atoms with Crippen LogP contribution >= 0.6 is 0 Å². The highest BCUT2D eigenvalue weighted by atomic mass is 32.2. The third-order valence-electron chi connectivity index (χ3n) is 3.70. The Balaban J connectivity index is 1.85. The molecule has 2 rings (SSSR count). The second-order valence-electron chi connectivity index (χ2n) is 6.10. The number of ether oxygens (including phenoxy) is 1. The van der Waals surface area contributed by atoms with Gasteiger partial charge in [0.05, 0.1) is 25.7 Å². The minimum absolute atomic E-state index is 0.137. The molecular formula is C18H26N2O4S. The summed E-state index contributed by atoms with van der Waals surface area (Å²) in [4.78, 5) is 0. The molecule has 1 aromatic carbocycles. The van der Waals surface area contributed by atoms with Gasteiger partial charge >= 0.3 is 0 Å². The molecule has 7 heteroatoms. The highest BCUT2D eigenvalue weighted by Crippen LogP contribution is 2.20. The maximum atomic E-state index is 10.9. The van der Waals surface area contributed by atoms with Crippen LogP contribution in [-0.4, -0.2) is 37.7 Å². The zero-order chi connectivity index (χ0) is 18.3. The summed E-state index contributed by atoms with van der Waals surface area (Å²) in [6.07, 6.45) is 7.49. The molecule has 138 valence electrons. The van der Waals surface area contributed by atoms with Crippen LogP contribution < -0.4 is 4.74 Å². The summed E-state index contributed by atoms with van der Waals surface area (Å²) >= 11 is 0. The van der Waals surface area contributed by atoms with Crippen LogP contribution in [0.25, 0.3) is 0 Å². The van der Waals surface area contributed by atoms with Crippen LogP contribution in [0, 0.1) is 6.92 Å². The number of benzene rings is 1. The van der Waals surface area contributed by atoms with Gasteiger partial charge in [-0.25, -0.2) is 0 Å². The monoisotopic (exact) mass is 366 g/mol. The molecular weight excluding hydrogens is 340 g/mol. The number of nitrogens with zero attached hydrogens (tertiary/aromatic N) is 2. The summed E-state index contributed by atoms with van der Waals surface area (Å²) in [7, 11) is -3.38. The van der Waals surface area contributed by atoms with E-state index < -0.39 is 10.1 Å². The second kappa shape index (κ2) is 9.01. The van der Waals surface area contributed by atoms with E-state index in [4.69, 9.17) is 4.74 Å². The van der Waals surface area contributed by atoms with Crippen molar-refractivity contribution < 1.29 is 17.3 Å². The normalized spacial score (nSPS) is 11.6. The first-order chi connectivity index (χ1) is 11.9. The summed E-state index contributed by atoms with van der Waals surface area (Å²) in [6, 6.07) is 6.01. The molecule has 0 fully saturated rings. The molecule has 0 aliphatic rings. The minimum atomic E-state index is -3.38. The van der Waals surface area contributed by atoms with Crippen LogP contribution in [0.2, 0.25) is 0 Å². The summed E-state index contributed by atoms with van der Waals surface area (Å²) in [6.45, 7) is 5.69. The van der Waals surface area contributed by atoms with Crippen molar-refractivity contribution in [1.29, 1.82) is 0 Å². The van der Waals surface area contributed by atoms with E-state index in [0.717, 1.165) is 37.0 Å². The van der Waals surface area contributed by atoms with E-state index in [0.29, 0.717) is 13.0 Å². The Bertz CT molecular complexity index is 784. The number of hydrogen-bond donors (Lipinski definition) is 0. The quantitative estimate of drug-likeness (QED) is 0.478. The van der Waals surface area contributed by atoms with E-state index in [1.54, 1.807) is 0 Å². The average molecular weight is 366 g/mol. The lowest BCUT2D eigenvalue weighted by Crippen LogP contribution is -2.08. The van der Waals surface area contributed by atoms with Crippen LogP contribution in [0.15, 0.2) is 30.6 Å². The van der Waals surface area contributed by atoms with Crippen LogP contribution in [0.4, 0.5) is 0 Å². The van der Waals surface area contributed by atoms with Crippen molar-refractivity contribution >= 4 is 10.1 Å². The zero-order valence-corrected chi connectivity index (χ0v) is 15.9. The fourth-order valence-electron chi connectivity index (χ4n) is 2.48. The predicted octanol–water partition coefficient (Wildman–Crippen LogP) is 2.94. The third kappa shape index (κ3) is 6.88. The summed E-state index contributed by atoms with van der Waals surface area (Å²) in [5.74, 6) is 0.780. The van der Waals surface area contributed by atoms with Gasteiger partial charge in [0.15, 0.2) is 0 Å². The average Bonchev–Trinajstić information content (AvgIpc) is 2.96. The Labute approximate surface area is 149 Å². The Hall–Kier alpha value is -1.86. The topological polar surface area (TPSA) is 70.4 Å². The van der Waals surface area contributed by atoms with Crippen LogP contribution in [0.1, 0.15) is 36.5 Å². The number of aromatic nitrogens is 2. The van der Waals surface area contributed by atoms with Gasteiger partial charge in [-0.05, 0) is 42.2 Å². The largest absolute Gasteiger partial charge is 0.493 e. The molecule has 1 heterocycles. The Morgan fingerprint density at radius 2 is 2.04 bits per heavy atom. The first-order valence-electron chi connectivity index (χ1n) is 8.45. The Morgan fingerprint density at radius 3 is 2.72 bits per heavy atom. The van der Waals surface area contributed by atoms with Gasteiger partial charge in [0, 0.05) is 25.6 Å². The van der Waals surface area contributed by atoms with Crippen molar-refractivity contribution in [2.45, 2.75) is 39.7 Å². The third-order valence-corrected chi connectivity index (χ3v) is 4.30. The predicted molar refractivity (Wildman–Crippen MR) is 97.4 cm³/mol. The Morgan fingerprint density at radius 1 is 1.24 bits per heavy atom. The molecule has 0 spiro atoms. The molecule has 0 unspecified atom stereocenters. The lowest BCUT2D eigenvalue weighted by Gasteiger charge is -2.10. The van der Waals surface area contributed by atoms with Crippen molar-refractivity contribution in [3.63, 3.8) is 0 Å². The molecule has 6 nitrogen and oxygen atoms in total. The van der Waals surface area contributed by atoms with Gasteiger partial charge in [0.2, 0.25) is 0 Å². The fourth-order valence-corrected chi connectivity index (χ4v) is 2.91. The molecule has 0 amide bonds. The van der Waals surface area contributed by atoms with Gasteiger partial charge in [0.25, 0.3) is 10.1 Å². The maximum absolute atomic E-state index is 10.9. The SMILES string of the molecule is CCCn1cc(Cc2ccc(OCCCOS(C)(=O)=O)cc2C)cn1. The van der Waals surface area contributed by atoms with Crippen molar-refractivity contribution in [3.8, 4) is 5.75 Å². The second-order valence-corrected chi connectivity index (χ2v) is 7.75. The first kappa shape index (κ1) is 19.5. The summed E-state index contributed by atoms with van der Waals surface area (Å²) < 4.78 is 34.0. The molecule has 2 aromatic rings. The highest BCUT2D eigenvalue weighted by molar-refractivity contribution is 7.85. The first-order valence-corrected chi connectivity index (χ1v) is 10.3. The van der Waals surface area contributed by atoms with Crippen LogP contribution in [-0.2, 0) is 27.3 Å². The molecule has 0 aliphatic heterocycles. The summed E-state index contributed by atoms with van der Waals surface area (Å²) in [5.41, 5.74) is 3.60. The molecule has 25 heavy (non-hydrogen) atoms. The van der Waals surface area contributed by atoms with Crippen LogP contribution in [0.3, 0.4) is 0 Å². The van der Waals surface area contributed by atoms with Gasteiger partial charge in [0.1, 0.15) is 5.75 Å². The van der Waals surface area contributed by atoms with Crippen LogP contribution in [0.5, 0.6) is 5.75 Å². The minimum Gasteiger partial charge on any atom is -0.493 e. The highest BCUT2D eigenvalue weighted by Gasteiger charge is 2.05. The van der Waals surface area contributed by atoms with Crippen molar-refractivity contribution in [2.75, 3.05) is 19.5 Å². The molecule has 0 atom stereocenters. The lowest BCUT2D eigenvalue weighted by molar-refractivity contribution is 0.252. The van der Waals surface area contributed by atoms with Crippen molar-refractivity contribution in [2.24, 2.45) is 0 Å². The number of hydrogen-bond acceptors (Lipinski definition) is 5. The molecule has 0 aliphatic carbocycles. The van der Waals surface area contributed by atoms with Gasteiger partial charge in [-0.1, -0.05) is 13.0 Å². The van der Waals surface area contributed by atoms with E-state index in [1.165, 1.54) is 11.1 Å². The van der Waals surface area contributed by atoms with Crippen molar-refractivity contribution in [3.05, 3.63) is 47.3 Å². The van der Waals surface area contributed by atoms with Gasteiger partial charge < -0.3 is 4.74 Å². The molecule has 0 radical (unpaired) electrons. The number of rotatable bonds is 10. The number of aryl methyl sites for hydroxylation is 2. The standard InChI is InChI=1S/C18H26N2O4S/c1-4-8-20-14-16(13-19-20)12-17-6-7-18(11-15(17)2)23-9-5-10-24-25(3,21)22/h6-7,11,13-14H,4-5,8-10,12H2,1-3H3. The Kier molecular flexibility index (Phi) is 7.01. The molecule has 0 saturated carbocycles. The van der Waals surface area contributed by atoms with E-state index in [9.17, 15) is 8.42 Å². The van der Waals surface area contributed by atoms with E-state index >= 15 is 0 Å². The van der Waals surface area contributed by atoms with Gasteiger partial charge in [-0.3, -0.25) is 8.86 Å². The smallest absolute Gasteiger partial charge is 0.264 e. The maximum Gasteiger partial charge on any atom is 0.264 e. The lowest BCUT2D eigenvalue weighted by atomic mass is 10.0. The van der Waals surface area contributed by atoms with Crippen molar-refractivity contribution in [1.82, 2.24) is 9.78 Å².